The summed E-state index contributed by atoms with van der Waals surface area (Å²) < 4.78 is 5.17. The van der Waals surface area contributed by atoms with Gasteiger partial charge in [0.15, 0.2) is 0 Å². The van der Waals surface area contributed by atoms with E-state index in [9.17, 15) is 33.9 Å². The van der Waals surface area contributed by atoms with Gasteiger partial charge in [-0.25, -0.2) is 9.59 Å². The van der Waals surface area contributed by atoms with E-state index in [1.165, 1.54) is 0 Å². The molecule has 0 aromatic rings. The van der Waals surface area contributed by atoms with Gasteiger partial charge in [0.25, 0.3) is 0 Å². The quantitative estimate of drug-likeness (QED) is 0.148. The minimum absolute atomic E-state index is 0.198. The van der Waals surface area contributed by atoms with E-state index in [0.717, 1.165) is 0 Å². The third kappa shape index (κ3) is 13.9. The van der Waals surface area contributed by atoms with E-state index < -0.39 is 70.8 Å². The maximum absolute atomic E-state index is 13.0. The molecule has 0 bridgehead atoms. The molecular weight excluding hydrogens is 542 g/mol. The molecule has 0 rings (SSSR count). The summed E-state index contributed by atoms with van der Waals surface area (Å²) >= 11 is 3.02. The number of ether oxygens (including phenoxy) is 1. The third-order valence-electron chi connectivity index (χ3n) is 4.56. The second kappa shape index (κ2) is 16.0. The molecule has 4 atom stereocenters. The van der Waals surface area contributed by atoms with Gasteiger partial charge in [0.2, 0.25) is 23.6 Å². The standard InChI is InChI=1S/C22H38BrN5O8/c1-6-8-13(18(31)27-14(9-7-2)20(33)34)26-19(32)15(28-21(35)36-22(3,4)5)11-25-17(30)12(23)10-16(24)29/h12-15H,6-11H2,1-5H3,(H2,24,29)(H,25,30)(H,26,32)(H,27,31)(H,28,35)(H,33,34)/t12-,13-,14-,15-/m0/s1. The molecule has 0 aliphatic rings. The van der Waals surface area contributed by atoms with Crippen LogP contribution in [0.2, 0.25) is 0 Å². The number of carbonyl (C=O) groups excluding carboxylic acids is 5. The van der Waals surface area contributed by atoms with Gasteiger partial charge < -0.3 is 36.8 Å². The Balaban J connectivity index is 5.57. The van der Waals surface area contributed by atoms with Crippen molar-refractivity contribution in [2.45, 2.75) is 95.3 Å². The summed E-state index contributed by atoms with van der Waals surface area (Å²) in [5.41, 5.74) is 4.21. The average molecular weight is 580 g/mol. The van der Waals surface area contributed by atoms with Crippen LogP contribution in [0, 0.1) is 0 Å². The molecule has 0 unspecified atom stereocenters. The Bertz CT molecular complexity index is 802. The first-order valence-electron chi connectivity index (χ1n) is 11.6. The topological polar surface area (TPSA) is 206 Å². The minimum atomic E-state index is -1.35. The number of alkyl halides is 1. The van der Waals surface area contributed by atoms with E-state index >= 15 is 0 Å². The van der Waals surface area contributed by atoms with E-state index in [-0.39, 0.29) is 19.3 Å². The number of carbonyl (C=O) groups is 6. The zero-order valence-corrected chi connectivity index (χ0v) is 22.9. The van der Waals surface area contributed by atoms with E-state index in [1.807, 2.05) is 0 Å². The Labute approximate surface area is 219 Å². The summed E-state index contributed by atoms with van der Waals surface area (Å²) in [5, 5.41) is 19.0. The zero-order valence-electron chi connectivity index (χ0n) is 21.3. The lowest BCUT2D eigenvalue weighted by Gasteiger charge is -2.26. The van der Waals surface area contributed by atoms with Crippen LogP contribution in [0.25, 0.3) is 0 Å². The molecule has 0 radical (unpaired) electrons. The van der Waals surface area contributed by atoms with Gasteiger partial charge >= 0.3 is 12.1 Å². The Hall–Kier alpha value is -2.90. The highest BCUT2D eigenvalue weighted by Gasteiger charge is 2.30. The number of nitrogens with two attached hydrogens (primary N) is 1. The van der Waals surface area contributed by atoms with Crippen molar-refractivity contribution in [3.05, 3.63) is 0 Å². The van der Waals surface area contributed by atoms with Crippen molar-refractivity contribution >= 4 is 51.6 Å². The van der Waals surface area contributed by atoms with E-state index in [1.54, 1.807) is 34.6 Å². The molecular formula is C22H38BrN5O8. The van der Waals surface area contributed by atoms with Crippen molar-refractivity contribution < 1.29 is 38.6 Å². The first kappa shape index (κ1) is 33.1. The number of alkyl carbamates (subject to hydrolysis) is 1. The Morgan fingerprint density at radius 1 is 0.861 bits per heavy atom. The summed E-state index contributed by atoms with van der Waals surface area (Å²) in [5.74, 6) is -4.06. The van der Waals surface area contributed by atoms with Crippen molar-refractivity contribution in [3.8, 4) is 0 Å². The predicted molar refractivity (Wildman–Crippen MR) is 134 cm³/mol. The van der Waals surface area contributed by atoms with Crippen LogP contribution < -0.4 is 27.0 Å². The fourth-order valence-corrected chi connectivity index (χ4v) is 3.37. The zero-order chi connectivity index (χ0) is 28.1. The minimum Gasteiger partial charge on any atom is -0.480 e. The molecule has 0 saturated heterocycles. The molecule has 0 aliphatic heterocycles. The summed E-state index contributed by atoms with van der Waals surface area (Å²) in [7, 11) is 0. The molecule has 0 aromatic carbocycles. The number of hydrogen-bond donors (Lipinski definition) is 6. The van der Waals surface area contributed by atoms with E-state index in [2.05, 4.69) is 37.2 Å². The van der Waals surface area contributed by atoms with Gasteiger partial charge in [0, 0.05) is 13.0 Å². The van der Waals surface area contributed by atoms with Gasteiger partial charge in [0.1, 0.15) is 28.6 Å². The van der Waals surface area contributed by atoms with Crippen molar-refractivity contribution in [2.24, 2.45) is 5.73 Å². The Kier molecular flexibility index (Phi) is 14.7. The SMILES string of the molecule is CCC[C@H](NC(=O)[C@H](CCC)NC(=O)[C@H](CNC(=O)[C@@H](Br)CC(N)=O)NC(=O)OC(C)(C)C)C(=O)O. The summed E-state index contributed by atoms with van der Waals surface area (Å²) in [6.45, 7) is 8.03. The van der Waals surface area contributed by atoms with Gasteiger partial charge in [-0.3, -0.25) is 19.2 Å². The molecule has 36 heavy (non-hydrogen) atoms. The first-order chi connectivity index (χ1) is 16.6. The second-order valence-electron chi connectivity index (χ2n) is 9.12. The fraction of sp³-hybridized carbons (Fsp3) is 0.727. The maximum atomic E-state index is 13.0. The van der Waals surface area contributed by atoms with E-state index in [4.69, 9.17) is 10.5 Å². The highest BCUT2D eigenvalue weighted by atomic mass is 79.9. The lowest BCUT2D eigenvalue weighted by molar-refractivity contribution is -0.142. The number of aliphatic carboxylic acids is 1. The number of primary amides is 1. The largest absolute Gasteiger partial charge is 0.480 e. The predicted octanol–water partition coefficient (Wildman–Crippen LogP) is 0.289. The van der Waals surface area contributed by atoms with Crippen LogP contribution in [0.5, 0.6) is 0 Å². The van der Waals surface area contributed by atoms with Crippen LogP contribution in [0.4, 0.5) is 4.79 Å². The number of hydrogen-bond acceptors (Lipinski definition) is 7. The van der Waals surface area contributed by atoms with Crippen LogP contribution in [0.3, 0.4) is 0 Å². The van der Waals surface area contributed by atoms with Crippen molar-refractivity contribution in [3.63, 3.8) is 0 Å². The second-order valence-corrected chi connectivity index (χ2v) is 10.2. The highest BCUT2D eigenvalue weighted by molar-refractivity contribution is 9.10. The van der Waals surface area contributed by atoms with Crippen molar-refractivity contribution in [2.75, 3.05) is 6.54 Å². The van der Waals surface area contributed by atoms with Gasteiger partial charge in [-0.1, -0.05) is 42.6 Å². The smallest absolute Gasteiger partial charge is 0.408 e. The van der Waals surface area contributed by atoms with Gasteiger partial charge in [-0.15, -0.1) is 0 Å². The average Bonchev–Trinajstić information content (AvgIpc) is 2.73. The first-order valence-corrected chi connectivity index (χ1v) is 12.6. The van der Waals surface area contributed by atoms with Crippen molar-refractivity contribution in [1.82, 2.24) is 21.3 Å². The molecule has 0 aliphatic carbocycles. The fourth-order valence-electron chi connectivity index (χ4n) is 2.89. The normalized spacial score (nSPS) is 14.4. The lowest BCUT2D eigenvalue weighted by Crippen LogP contribution is -2.58. The molecule has 0 aromatic heterocycles. The number of nitrogens with one attached hydrogen (secondary N) is 4. The van der Waals surface area contributed by atoms with Crippen LogP contribution in [-0.2, 0) is 28.7 Å². The summed E-state index contributed by atoms with van der Waals surface area (Å²) in [6, 6.07) is -3.55. The van der Waals surface area contributed by atoms with Gasteiger partial charge in [-0.2, -0.15) is 0 Å². The molecule has 5 amide bonds. The van der Waals surface area contributed by atoms with Crippen LogP contribution in [0.15, 0.2) is 0 Å². The van der Waals surface area contributed by atoms with Gasteiger partial charge in [0.05, 0.1) is 0 Å². The summed E-state index contributed by atoms with van der Waals surface area (Å²) in [6.07, 6.45) is 0.196. The van der Waals surface area contributed by atoms with Crippen LogP contribution in [0.1, 0.15) is 66.7 Å². The molecule has 0 fully saturated rings. The molecule has 0 saturated carbocycles. The van der Waals surface area contributed by atoms with Crippen LogP contribution >= 0.6 is 15.9 Å². The van der Waals surface area contributed by atoms with E-state index in [0.29, 0.717) is 12.8 Å². The van der Waals surface area contributed by atoms with Gasteiger partial charge in [-0.05, 0) is 33.6 Å². The third-order valence-corrected chi connectivity index (χ3v) is 5.29. The summed E-state index contributed by atoms with van der Waals surface area (Å²) in [4.78, 5) is 71.8. The van der Waals surface area contributed by atoms with Crippen LogP contribution in [-0.4, -0.2) is 75.9 Å². The lowest BCUT2D eigenvalue weighted by atomic mass is 10.1. The number of rotatable bonds is 15. The molecule has 14 heteroatoms. The molecule has 0 heterocycles. The molecule has 206 valence electrons. The maximum Gasteiger partial charge on any atom is 0.408 e. The molecule has 13 nitrogen and oxygen atoms in total. The Morgan fingerprint density at radius 3 is 1.83 bits per heavy atom. The molecule has 0 spiro atoms. The highest BCUT2D eigenvalue weighted by Crippen LogP contribution is 2.08. The molecule has 7 N–H and O–H groups in total. The van der Waals surface area contributed by atoms with Crippen molar-refractivity contribution in [1.29, 1.82) is 0 Å². The number of carboxylic acids is 1. The number of carboxylic acid groups (broad SMARTS) is 1. The monoisotopic (exact) mass is 579 g/mol. The Morgan fingerprint density at radius 2 is 1.36 bits per heavy atom. The number of halogens is 1. The number of amides is 5.